The quantitative estimate of drug-likeness (QED) is 0.811. The zero-order valence-electron chi connectivity index (χ0n) is 13.3. The third-order valence-electron chi connectivity index (χ3n) is 5.08. The van der Waals surface area contributed by atoms with E-state index in [0.717, 1.165) is 17.3 Å². The number of carbonyl (C=O) groups excluding carboxylic acids is 1. The van der Waals surface area contributed by atoms with E-state index in [1.165, 1.54) is 19.3 Å². The van der Waals surface area contributed by atoms with E-state index in [0.29, 0.717) is 29.2 Å². The summed E-state index contributed by atoms with van der Waals surface area (Å²) < 4.78 is 6.24. The van der Waals surface area contributed by atoms with Gasteiger partial charge in [0.2, 0.25) is 0 Å². The van der Waals surface area contributed by atoms with Gasteiger partial charge in [0, 0.05) is 16.6 Å². The zero-order valence-corrected chi connectivity index (χ0v) is 15.7. The predicted octanol–water partition coefficient (Wildman–Crippen LogP) is 3.52. The minimum Gasteiger partial charge on any atom is -0.496 e. The van der Waals surface area contributed by atoms with Gasteiger partial charge in [-0.3, -0.25) is 4.79 Å². The Morgan fingerprint density at radius 3 is 2.57 bits per heavy atom. The second-order valence-corrected chi connectivity index (χ2v) is 7.44. The highest BCUT2D eigenvalue weighted by atomic mass is 79.9. The van der Waals surface area contributed by atoms with E-state index < -0.39 is 0 Å². The van der Waals surface area contributed by atoms with E-state index in [-0.39, 0.29) is 24.4 Å². The smallest absolute Gasteiger partial charge is 0.255 e. The molecule has 2 atom stereocenters. The van der Waals surface area contributed by atoms with E-state index in [4.69, 9.17) is 10.5 Å². The highest BCUT2D eigenvalue weighted by Crippen LogP contribution is 2.40. The molecule has 0 spiro atoms. The van der Waals surface area contributed by atoms with Crippen LogP contribution in [0.15, 0.2) is 22.7 Å². The van der Waals surface area contributed by atoms with Crippen LogP contribution in [0.5, 0.6) is 5.75 Å². The number of carbonyl (C=O) groups is 1. The second kappa shape index (κ2) is 7.86. The molecule has 0 heterocycles. The van der Waals surface area contributed by atoms with Gasteiger partial charge in [0.05, 0.1) is 12.7 Å². The number of halogens is 2. The highest BCUT2D eigenvalue weighted by molar-refractivity contribution is 9.10. The number of rotatable bonds is 3. The Bertz CT molecular complexity index is 556. The van der Waals surface area contributed by atoms with Gasteiger partial charge in [-0.1, -0.05) is 22.4 Å². The topological polar surface area (TPSA) is 64.3 Å². The minimum absolute atomic E-state index is 0. The lowest BCUT2D eigenvalue weighted by Gasteiger charge is -2.45. The molecule has 0 radical (unpaired) electrons. The van der Waals surface area contributed by atoms with Gasteiger partial charge in [0.15, 0.2) is 0 Å². The molecule has 0 aromatic heterocycles. The summed E-state index contributed by atoms with van der Waals surface area (Å²) in [6, 6.07) is 6.06. The van der Waals surface area contributed by atoms with Crippen molar-refractivity contribution in [3.63, 3.8) is 0 Å². The number of fused-ring (bicyclic) bond motifs is 2. The Hall–Kier alpha value is -0.780. The van der Waals surface area contributed by atoms with Crippen molar-refractivity contribution in [3.8, 4) is 5.75 Å². The van der Waals surface area contributed by atoms with Gasteiger partial charge in [-0.15, -0.1) is 12.4 Å². The Labute approximate surface area is 152 Å². The lowest BCUT2D eigenvalue weighted by molar-refractivity contribution is 0.0753. The van der Waals surface area contributed by atoms with Crippen LogP contribution in [0, 0.1) is 11.8 Å². The minimum atomic E-state index is -0.0401. The average Bonchev–Trinajstić information content (AvgIpc) is 2.47. The van der Waals surface area contributed by atoms with Gasteiger partial charge in [-0.25, -0.2) is 0 Å². The van der Waals surface area contributed by atoms with Crippen molar-refractivity contribution >= 4 is 34.2 Å². The van der Waals surface area contributed by atoms with Crippen molar-refractivity contribution < 1.29 is 9.53 Å². The molecular weight excluding hydrogens is 380 g/mol. The number of nitrogens with two attached hydrogens (primary N) is 1. The van der Waals surface area contributed by atoms with Crippen LogP contribution in [0.4, 0.5) is 0 Å². The molecule has 1 aromatic carbocycles. The first-order valence-electron chi connectivity index (χ1n) is 7.98. The molecule has 3 rings (SSSR count). The van der Waals surface area contributed by atoms with Gasteiger partial charge in [0.1, 0.15) is 5.75 Å². The normalized spacial score (nSPS) is 29.3. The van der Waals surface area contributed by atoms with Crippen LogP contribution in [0.1, 0.15) is 42.5 Å². The Morgan fingerprint density at radius 2 is 1.96 bits per heavy atom. The molecule has 2 saturated carbocycles. The number of hydrogen-bond donors (Lipinski definition) is 2. The SMILES string of the molecule is COc1cc(Br)ccc1C(=O)NC1C2CCCC1CC(N)C2.Cl. The maximum absolute atomic E-state index is 12.7. The number of nitrogens with one attached hydrogen (secondary N) is 1. The van der Waals surface area contributed by atoms with Crippen LogP contribution in [0.25, 0.3) is 0 Å². The number of amides is 1. The summed E-state index contributed by atoms with van der Waals surface area (Å²) in [7, 11) is 1.59. The summed E-state index contributed by atoms with van der Waals surface area (Å²) in [6.07, 6.45) is 5.66. The summed E-state index contributed by atoms with van der Waals surface area (Å²) >= 11 is 3.41. The molecule has 4 nitrogen and oxygen atoms in total. The van der Waals surface area contributed by atoms with Crippen molar-refractivity contribution in [1.82, 2.24) is 5.32 Å². The van der Waals surface area contributed by atoms with E-state index >= 15 is 0 Å². The molecule has 23 heavy (non-hydrogen) atoms. The molecule has 2 bridgehead atoms. The highest BCUT2D eigenvalue weighted by Gasteiger charge is 2.40. The maximum Gasteiger partial charge on any atom is 0.255 e. The van der Waals surface area contributed by atoms with Gasteiger partial charge in [-0.2, -0.15) is 0 Å². The van der Waals surface area contributed by atoms with Crippen LogP contribution in [0.3, 0.4) is 0 Å². The van der Waals surface area contributed by atoms with Crippen molar-refractivity contribution in [2.75, 3.05) is 7.11 Å². The van der Waals surface area contributed by atoms with Crippen molar-refractivity contribution in [2.45, 2.75) is 44.2 Å². The first kappa shape index (κ1) is 18.6. The summed E-state index contributed by atoms with van der Waals surface area (Å²) in [5.41, 5.74) is 6.75. The fourth-order valence-electron chi connectivity index (χ4n) is 4.11. The molecule has 0 aliphatic heterocycles. The number of ether oxygens (including phenoxy) is 1. The molecule has 1 aromatic rings. The van der Waals surface area contributed by atoms with Crippen LogP contribution in [-0.2, 0) is 0 Å². The fraction of sp³-hybridized carbons (Fsp3) is 0.588. The standard InChI is InChI=1S/C17H23BrN2O2.ClH/c1-22-15-9-12(18)5-6-14(15)17(21)20-16-10-3-2-4-11(16)8-13(19)7-10;/h5-6,9-11,13,16H,2-4,7-8,19H2,1H3,(H,20,21);1H. The molecule has 2 aliphatic rings. The number of benzene rings is 1. The third kappa shape index (κ3) is 4.01. The molecule has 0 saturated heterocycles. The van der Waals surface area contributed by atoms with Crippen molar-refractivity contribution in [1.29, 1.82) is 0 Å². The Kier molecular flexibility index (Phi) is 6.34. The van der Waals surface area contributed by atoms with Crippen LogP contribution in [-0.4, -0.2) is 25.1 Å². The molecule has 128 valence electrons. The van der Waals surface area contributed by atoms with Gasteiger partial charge >= 0.3 is 0 Å². The van der Waals surface area contributed by atoms with Crippen molar-refractivity contribution in [2.24, 2.45) is 17.6 Å². The average molecular weight is 404 g/mol. The van der Waals surface area contributed by atoms with Crippen LogP contribution in [0.2, 0.25) is 0 Å². The van der Waals surface area contributed by atoms with Gasteiger partial charge < -0.3 is 15.8 Å². The number of methoxy groups -OCH3 is 1. The molecule has 2 aliphatic carbocycles. The lowest BCUT2D eigenvalue weighted by Crippen LogP contribution is -2.53. The van der Waals surface area contributed by atoms with E-state index in [1.807, 2.05) is 18.2 Å². The molecule has 3 N–H and O–H groups in total. The summed E-state index contributed by atoms with van der Waals surface area (Å²) in [4.78, 5) is 12.7. The fourth-order valence-corrected chi connectivity index (χ4v) is 4.45. The molecule has 6 heteroatoms. The Morgan fingerprint density at radius 1 is 1.30 bits per heavy atom. The largest absolute Gasteiger partial charge is 0.496 e. The zero-order chi connectivity index (χ0) is 15.7. The van der Waals surface area contributed by atoms with Crippen molar-refractivity contribution in [3.05, 3.63) is 28.2 Å². The summed E-state index contributed by atoms with van der Waals surface area (Å²) in [5.74, 6) is 1.60. The summed E-state index contributed by atoms with van der Waals surface area (Å²) in [6.45, 7) is 0. The predicted molar refractivity (Wildman–Crippen MR) is 97.2 cm³/mol. The van der Waals surface area contributed by atoms with Crippen LogP contribution < -0.4 is 15.8 Å². The molecule has 1 amide bonds. The molecule has 2 fully saturated rings. The summed E-state index contributed by atoms with van der Waals surface area (Å²) in [5, 5.41) is 3.26. The van der Waals surface area contributed by atoms with E-state index in [1.54, 1.807) is 7.11 Å². The first-order valence-corrected chi connectivity index (χ1v) is 8.77. The number of hydrogen-bond acceptors (Lipinski definition) is 3. The molecular formula is C17H24BrClN2O2. The first-order chi connectivity index (χ1) is 10.6. The maximum atomic E-state index is 12.7. The Balaban J connectivity index is 0.00000192. The van der Waals surface area contributed by atoms with Crippen LogP contribution >= 0.6 is 28.3 Å². The van der Waals surface area contributed by atoms with E-state index in [9.17, 15) is 4.79 Å². The van der Waals surface area contributed by atoms with Gasteiger partial charge in [-0.05, 0) is 55.7 Å². The van der Waals surface area contributed by atoms with E-state index in [2.05, 4.69) is 21.2 Å². The lowest BCUT2D eigenvalue weighted by atomic mass is 9.67. The van der Waals surface area contributed by atoms with Gasteiger partial charge in [0.25, 0.3) is 5.91 Å². The third-order valence-corrected chi connectivity index (χ3v) is 5.58. The monoisotopic (exact) mass is 402 g/mol. The molecule has 2 unspecified atom stereocenters. The second-order valence-electron chi connectivity index (χ2n) is 6.53.